The molecular formula is O5V5-10. The summed E-state index contributed by atoms with van der Waals surface area (Å²) in [6.45, 7) is 0. The normalized spacial score (nSPS) is 0. The van der Waals surface area contributed by atoms with Gasteiger partial charge in [0.2, 0.25) is 0 Å². The summed E-state index contributed by atoms with van der Waals surface area (Å²) < 4.78 is 0. The summed E-state index contributed by atoms with van der Waals surface area (Å²) in [6, 6.07) is 0. The molecular weight excluding hydrogens is 335 g/mol. The van der Waals surface area contributed by atoms with Gasteiger partial charge in [-0.1, -0.05) is 0 Å². The second-order valence-corrected chi connectivity index (χ2v) is 0. The van der Waals surface area contributed by atoms with Crippen molar-refractivity contribution in [1.82, 2.24) is 0 Å². The Morgan fingerprint density at radius 3 is 0.200 bits per heavy atom. The number of hydrogen-bond donors (Lipinski definition) is 0. The van der Waals surface area contributed by atoms with Gasteiger partial charge < -0.3 is 27.4 Å². The maximum atomic E-state index is 0. The first-order chi connectivity index (χ1) is 0. The van der Waals surface area contributed by atoms with E-state index in [4.69, 9.17) is 0 Å². The summed E-state index contributed by atoms with van der Waals surface area (Å²) in [7, 11) is 0. The van der Waals surface area contributed by atoms with E-state index in [0.29, 0.717) is 0 Å². The van der Waals surface area contributed by atoms with Crippen molar-refractivity contribution >= 4 is 0 Å². The molecule has 0 aromatic heterocycles. The Kier molecular flexibility index (Phi) is 4290. The monoisotopic (exact) mass is 335 g/mol. The van der Waals surface area contributed by atoms with Crippen LogP contribution in [0.5, 0.6) is 0 Å². The molecule has 0 saturated heterocycles. The summed E-state index contributed by atoms with van der Waals surface area (Å²) in [6.07, 6.45) is 0. The van der Waals surface area contributed by atoms with Crippen LogP contribution in [0, 0.1) is 0 Å². The van der Waals surface area contributed by atoms with Crippen LogP contribution in [-0.4, -0.2) is 0 Å². The van der Waals surface area contributed by atoms with Crippen LogP contribution in [-0.2, 0) is 120 Å². The molecule has 0 aromatic rings. The minimum absolute atomic E-state index is 0. The topological polar surface area (TPSA) is 142 Å². The average molecular weight is 335 g/mol. The quantitative estimate of drug-likeness (QED) is 0.557. The maximum Gasteiger partial charge on any atom is 0 e. The van der Waals surface area contributed by atoms with E-state index in [1.165, 1.54) is 0 Å². The summed E-state index contributed by atoms with van der Waals surface area (Å²) >= 11 is 0. The second kappa shape index (κ2) is 182. The van der Waals surface area contributed by atoms with Gasteiger partial charge in [0.1, 0.15) is 0 Å². The van der Waals surface area contributed by atoms with Gasteiger partial charge in [-0.25, -0.2) is 0 Å². The van der Waals surface area contributed by atoms with E-state index in [2.05, 4.69) is 0 Å². The minimum atomic E-state index is 0. The summed E-state index contributed by atoms with van der Waals surface area (Å²) in [5.74, 6) is 0. The third-order valence-electron chi connectivity index (χ3n) is 0. The molecule has 5 radical (unpaired) electrons. The van der Waals surface area contributed by atoms with Crippen molar-refractivity contribution in [2.45, 2.75) is 0 Å². The molecule has 65 valence electrons. The molecule has 0 bridgehead atoms. The molecule has 0 N–H and O–H groups in total. The maximum absolute atomic E-state index is 0. The van der Waals surface area contributed by atoms with Gasteiger partial charge in [-0.05, 0) is 0 Å². The molecule has 0 amide bonds. The fourth-order valence-corrected chi connectivity index (χ4v) is 0. The van der Waals surface area contributed by atoms with Crippen LogP contribution < -0.4 is 0 Å². The van der Waals surface area contributed by atoms with Gasteiger partial charge in [0, 0.05) is 92.8 Å². The van der Waals surface area contributed by atoms with Crippen LogP contribution >= 0.6 is 0 Å². The fourth-order valence-electron chi connectivity index (χ4n) is 0. The Morgan fingerprint density at radius 2 is 0.200 bits per heavy atom. The average Bonchev–Trinajstić information content (AvgIpc) is 0. The molecule has 0 saturated carbocycles. The van der Waals surface area contributed by atoms with E-state index >= 15 is 0 Å². The van der Waals surface area contributed by atoms with E-state index < -0.39 is 0 Å². The fraction of sp³-hybridized carbons (Fsp3) is 0. The Labute approximate surface area is 119 Å². The first kappa shape index (κ1) is 236. The van der Waals surface area contributed by atoms with Crippen LogP contribution in [0.25, 0.3) is 0 Å². The number of hydrogen-bond acceptors (Lipinski definition) is 0. The van der Waals surface area contributed by atoms with Gasteiger partial charge in [0.05, 0.1) is 0 Å². The summed E-state index contributed by atoms with van der Waals surface area (Å²) in [5, 5.41) is 0. The van der Waals surface area contributed by atoms with Gasteiger partial charge in [-0.15, -0.1) is 0 Å². The third kappa shape index (κ3) is 137. The Bertz CT molecular complexity index is 10.0. The predicted molar refractivity (Wildman–Crippen MR) is 3.43 cm³/mol. The first-order valence-corrected chi connectivity index (χ1v) is 0. The molecule has 0 aromatic carbocycles. The van der Waals surface area contributed by atoms with Crippen LogP contribution in [0.1, 0.15) is 0 Å². The molecule has 0 spiro atoms. The molecule has 0 fully saturated rings. The van der Waals surface area contributed by atoms with Crippen molar-refractivity contribution < 1.29 is 120 Å². The molecule has 10 heavy (non-hydrogen) atoms. The van der Waals surface area contributed by atoms with Crippen molar-refractivity contribution in [2.24, 2.45) is 0 Å². The Hall–Kier alpha value is 2.72. The van der Waals surface area contributed by atoms with Crippen LogP contribution in [0.2, 0.25) is 0 Å². The Morgan fingerprint density at radius 1 is 0.200 bits per heavy atom. The molecule has 5 nitrogen and oxygen atoms in total. The minimum Gasteiger partial charge on any atom is -2.00 e. The second-order valence-electron chi connectivity index (χ2n) is 0. The summed E-state index contributed by atoms with van der Waals surface area (Å²) in [4.78, 5) is 0. The third-order valence-corrected chi connectivity index (χ3v) is 0. The van der Waals surface area contributed by atoms with Crippen molar-refractivity contribution in [3.63, 3.8) is 0 Å². The predicted octanol–water partition coefficient (Wildman–Crippen LogP) is -0.606. The van der Waals surface area contributed by atoms with Gasteiger partial charge >= 0.3 is 0 Å². The van der Waals surface area contributed by atoms with E-state index in [0.717, 1.165) is 0 Å². The molecule has 0 unspecified atom stereocenters. The SMILES string of the molecule is [O-2].[O-2].[O-2].[O-2].[O-2].[V].[V].[V].[V].[V]. The molecule has 0 atom stereocenters. The van der Waals surface area contributed by atoms with E-state index in [1.807, 2.05) is 0 Å². The van der Waals surface area contributed by atoms with Gasteiger partial charge in [-0.2, -0.15) is 0 Å². The summed E-state index contributed by atoms with van der Waals surface area (Å²) in [5.41, 5.74) is 0. The van der Waals surface area contributed by atoms with Crippen molar-refractivity contribution in [1.29, 1.82) is 0 Å². The standard InChI is InChI=1S/5O.5V/q5*-2;;;;;. The zero-order valence-corrected chi connectivity index (χ0v) is 11.3. The van der Waals surface area contributed by atoms with Crippen molar-refractivity contribution in [3.8, 4) is 0 Å². The molecule has 0 aliphatic heterocycles. The zero-order valence-electron chi connectivity index (χ0n) is 4.28. The van der Waals surface area contributed by atoms with Crippen LogP contribution in [0.15, 0.2) is 0 Å². The molecule has 0 aliphatic rings. The van der Waals surface area contributed by atoms with Gasteiger partial charge in [0.15, 0.2) is 0 Å². The van der Waals surface area contributed by atoms with Crippen LogP contribution in [0.4, 0.5) is 0 Å². The molecule has 0 aliphatic carbocycles. The van der Waals surface area contributed by atoms with Crippen molar-refractivity contribution in [3.05, 3.63) is 0 Å². The number of rotatable bonds is 0. The van der Waals surface area contributed by atoms with Crippen LogP contribution in [0.3, 0.4) is 0 Å². The smallest absolute Gasteiger partial charge is 0 e. The van der Waals surface area contributed by atoms with E-state index in [9.17, 15) is 0 Å². The van der Waals surface area contributed by atoms with Gasteiger partial charge in [-0.3, -0.25) is 0 Å². The van der Waals surface area contributed by atoms with E-state index in [-0.39, 0.29) is 120 Å². The molecule has 10 heteroatoms. The molecule has 0 rings (SSSR count). The zero-order chi connectivity index (χ0) is 0. The Balaban J connectivity index is 0. The van der Waals surface area contributed by atoms with Crippen molar-refractivity contribution in [2.75, 3.05) is 0 Å². The van der Waals surface area contributed by atoms with Gasteiger partial charge in [0.25, 0.3) is 0 Å². The largest absolute Gasteiger partial charge is 2.00 e. The molecule has 0 heterocycles. The van der Waals surface area contributed by atoms with E-state index in [1.54, 1.807) is 0 Å². The first-order valence-electron chi connectivity index (χ1n) is 0.